The Balaban J connectivity index is 3.17. The second-order valence-electron chi connectivity index (χ2n) is 5.40. The van der Waals surface area contributed by atoms with E-state index in [0.29, 0.717) is 5.56 Å². The van der Waals surface area contributed by atoms with Gasteiger partial charge in [-0.15, -0.1) is 0 Å². The van der Waals surface area contributed by atoms with Crippen molar-refractivity contribution >= 4 is 5.97 Å². The van der Waals surface area contributed by atoms with E-state index in [9.17, 15) is 9.90 Å². The number of aliphatic hydroxyl groups is 1. The Kier molecular flexibility index (Phi) is 5.51. The van der Waals surface area contributed by atoms with Gasteiger partial charge in [0.25, 0.3) is 0 Å². The van der Waals surface area contributed by atoms with Crippen LogP contribution < -0.4 is 0 Å². The van der Waals surface area contributed by atoms with Crippen LogP contribution in [0.3, 0.4) is 0 Å². The number of hydrogen-bond acceptors (Lipinski definition) is 5. The highest BCUT2D eigenvalue weighted by Crippen LogP contribution is 2.26. The van der Waals surface area contributed by atoms with Gasteiger partial charge >= 0.3 is 5.97 Å². The fourth-order valence-electron chi connectivity index (χ4n) is 1.70. The largest absolute Gasteiger partial charge is 0.508 e. The summed E-state index contributed by atoms with van der Waals surface area (Å²) >= 11 is 0. The molecule has 1 N–H and O–H groups in total. The molecule has 1 atom stereocenters. The minimum atomic E-state index is -0.895. The number of hydrogen-bond donors (Lipinski definition) is 1. The number of carbonyl (C=O) groups excluding carboxylic acids is 1. The van der Waals surface area contributed by atoms with Crippen LogP contribution in [0.1, 0.15) is 32.4 Å². The van der Waals surface area contributed by atoms with Gasteiger partial charge in [0.2, 0.25) is 0 Å². The first-order valence-corrected chi connectivity index (χ1v) is 6.44. The third-order valence-electron chi connectivity index (χ3n) is 2.56. The predicted molar refractivity (Wildman–Crippen MR) is 77.3 cm³/mol. The van der Waals surface area contributed by atoms with E-state index in [4.69, 9.17) is 14.7 Å². The van der Waals surface area contributed by atoms with Crippen molar-refractivity contribution < 1.29 is 19.4 Å². The van der Waals surface area contributed by atoms with Crippen molar-refractivity contribution in [1.82, 2.24) is 0 Å². The summed E-state index contributed by atoms with van der Waals surface area (Å²) in [5.74, 6) is -1.33. The highest BCUT2D eigenvalue weighted by atomic mass is 16.6. The van der Waals surface area contributed by atoms with E-state index in [-0.39, 0.29) is 0 Å². The summed E-state index contributed by atoms with van der Waals surface area (Å²) in [5.41, 5.74) is -0.580. The number of esters is 1. The number of aliphatic hydroxyl groups excluding tert-OH is 1. The Morgan fingerprint density at radius 3 is 2.29 bits per heavy atom. The Labute approximate surface area is 124 Å². The molecule has 1 rings (SSSR count). The van der Waals surface area contributed by atoms with Gasteiger partial charge in [-0.1, -0.05) is 30.3 Å². The fourth-order valence-corrected chi connectivity index (χ4v) is 1.70. The van der Waals surface area contributed by atoms with Crippen molar-refractivity contribution in [2.45, 2.75) is 32.5 Å². The minimum absolute atomic E-state index is 0.458. The van der Waals surface area contributed by atoms with Gasteiger partial charge in [0.05, 0.1) is 0 Å². The van der Waals surface area contributed by atoms with Crippen LogP contribution in [0.15, 0.2) is 41.7 Å². The van der Waals surface area contributed by atoms with E-state index >= 15 is 0 Å². The maximum absolute atomic E-state index is 12.0. The fraction of sp³-hybridized carbons (Fsp3) is 0.375. The first-order chi connectivity index (χ1) is 9.80. The zero-order valence-corrected chi connectivity index (χ0v) is 12.6. The second-order valence-corrected chi connectivity index (χ2v) is 5.40. The monoisotopic (exact) mass is 289 g/mol. The molecule has 0 aliphatic rings. The number of ether oxygens (including phenoxy) is 2. The van der Waals surface area contributed by atoms with E-state index in [1.807, 2.05) is 6.07 Å². The highest BCUT2D eigenvalue weighted by Gasteiger charge is 2.27. The van der Waals surface area contributed by atoms with Crippen LogP contribution >= 0.6 is 0 Å². The van der Waals surface area contributed by atoms with Gasteiger partial charge in [-0.25, -0.2) is 4.79 Å². The smallest absolute Gasteiger partial charge is 0.353 e. The molecule has 0 fully saturated rings. The number of rotatable bonds is 4. The van der Waals surface area contributed by atoms with Crippen molar-refractivity contribution in [2.24, 2.45) is 0 Å². The third kappa shape index (κ3) is 4.62. The molecule has 112 valence electrons. The Hall–Kier alpha value is -2.32. The van der Waals surface area contributed by atoms with Crippen LogP contribution in [-0.4, -0.2) is 23.8 Å². The maximum atomic E-state index is 12.0. The normalized spacial score (nSPS) is 13.9. The number of nitrogens with zero attached hydrogens (tertiary/aromatic N) is 1. The average molecular weight is 289 g/mol. The number of nitriles is 1. The maximum Gasteiger partial charge on any atom is 0.353 e. The molecule has 1 aromatic rings. The van der Waals surface area contributed by atoms with Crippen molar-refractivity contribution in [1.29, 1.82) is 5.26 Å². The van der Waals surface area contributed by atoms with Crippen LogP contribution in [0.25, 0.3) is 0 Å². The molecule has 0 aliphatic carbocycles. The first-order valence-electron chi connectivity index (χ1n) is 6.44. The minimum Gasteiger partial charge on any atom is -0.508 e. The summed E-state index contributed by atoms with van der Waals surface area (Å²) in [5, 5.41) is 19.4. The van der Waals surface area contributed by atoms with E-state index in [1.54, 1.807) is 51.1 Å². The van der Waals surface area contributed by atoms with E-state index in [0.717, 1.165) is 0 Å². The molecule has 5 heteroatoms. The first kappa shape index (κ1) is 16.7. The summed E-state index contributed by atoms with van der Waals surface area (Å²) < 4.78 is 10.3. The zero-order valence-electron chi connectivity index (χ0n) is 12.6. The van der Waals surface area contributed by atoms with Crippen molar-refractivity contribution in [3.8, 4) is 6.07 Å². The Morgan fingerprint density at radius 1 is 1.29 bits per heavy atom. The molecule has 5 nitrogen and oxygen atoms in total. The molecule has 1 aromatic carbocycles. The highest BCUT2D eigenvalue weighted by molar-refractivity contribution is 5.93. The standard InChI is InChI=1S/C16H19NO4/c1-16(2,3)21-15(19)12(10-17)13(18)14(20-4)11-8-6-5-7-9-11/h5-9,14,18H,1-4H3/t14-/m1/s1. The second kappa shape index (κ2) is 6.91. The van der Waals surface area contributed by atoms with Crippen molar-refractivity contribution in [3.05, 3.63) is 47.2 Å². The van der Waals surface area contributed by atoms with E-state index < -0.39 is 29.0 Å². The molecular formula is C16H19NO4. The van der Waals surface area contributed by atoms with Crippen molar-refractivity contribution in [3.63, 3.8) is 0 Å². The molecule has 21 heavy (non-hydrogen) atoms. The molecular weight excluding hydrogens is 270 g/mol. The Morgan fingerprint density at radius 2 is 1.86 bits per heavy atom. The van der Waals surface area contributed by atoms with Gasteiger partial charge in [-0.3, -0.25) is 0 Å². The summed E-state index contributed by atoms with van der Waals surface area (Å²) in [6.07, 6.45) is -0.895. The lowest BCUT2D eigenvalue weighted by Crippen LogP contribution is -2.26. The lowest BCUT2D eigenvalue weighted by molar-refractivity contribution is -0.149. The molecule has 0 spiro atoms. The number of carbonyl (C=O) groups is 1. The molecule has 0 aromatic heterocycles. The van der Waals surface area contributed by atoms with Crippen LogP contribution in [-0.2, 0) is 14.3 Å². The van der Waals surface area contributed by atoms with Gasteiger partial charge in [0.1, 0.15) is 17.8 Å². The molecule has 0 saturated carbocycles. The zero-order chi connectivity index (χ0) is 16.0. The topological polar surface area (TPSA) is 79.5 Å². The summed E-state index contributed by atoms with van der Waals surface area (Å²) in [6, 6.07) is 10.5. The van der Waals surface area contributed by atoms with Gasteiger partial charge < -0.3 is 14.6 Å². The van der Waals surface area contributed by atoms with E-state index in [2.05, 4.69) is 0 Å². The van der Waals surface area contributed by atoms with Crippen LogP contribution in [0.5, 0.6) is 0 Å². The number of benzene rings is 1. The third-order valence-corrected chi connectivity index (χ3v) is 2.56. The van der Waals surface area contributed by atoms with Gasteiger partial charge in [-0.05, 0) is 26.3 Å². The quantitative estimate of drug-likeness (QED) is 0.399. The van der Waals surface area contributed by atoms with Crippen molar-refractivity contribution in [2.75, 3.05) is 7.11 Å². The summed E-state index contributed by atoms with van der Waals surface area (Å²) in [4.78, 5) is 12.0. The van der Waals surface area contributed by atoms with Crippen LogP contribution in [0.4, 0.5) is 0 Å². The SMILES string of the molecule is CO[C@@H](C(O)=C(C#N)C(=O)OC(C)(C)C)c1ccccc1. The molecule has 0 unspecified atom stereocenters. The molecule has 0 heterocycles. The molecule has 0 saturated heterocycles. The molecule has 0 amide bonds. The molecule has 0 aliphatic heterocycles. The van der Waals surface area contributed by atoms with Crippen LogP contribution in [0.2, 0.25) is 0 Å². The van der Waals surface area contributed by atoms with Gasteiger partial charge in [0, 0.05) is 7.11 Å². The molecule has 0 bridgehead atoms. The lowest BCUT2D eigenvalue weighted by atomic mass is 10.0. The average Bonchev–Trinajstić information content (AvgIpc) is 2.39. The van der Waals surface area contributed by atoms with Gasteiger partial charge in [-0.2, -0.15) is 5.26 Å². The Bertz CT molecular complexity index is 564. The van der Waals surface area contributed by atoms with Gasteiger partial charge in [0.15, 0.2) is 11.3 Å². The summed E-state index contributed by atoms with van der Waals surface area (Å²) in [7, 11) is 1.39. The van der Waals surface area contributed by atoms with Crippen LogP contribution in [0, 0.1) is 11.3 Å². The van der Waals surface area contributed by atoms with E-state index in [1.165, 1.54) is 7.11 Å². The number of methoxy groups -OCH3 is 1. The predicted octanol–water partition coefficient (Wildman–Crippen LogP) is 3.05. The molecule has 0 radical (unpaired) electrons. The summed E-state index contributed by atoms with van der Waals surface area (Å²) in [6.45, 7) is 5.05. The lowest BCUT2D eigenvalue weighted by Gasteiger charge is -2.21.